The van der Waals surface area contributed by atoms with Crippen molar-refractivity contribution in [2.75, 3.05) is 0 Å². The number of aliphatic hydroxyl groups excluding tert-OH is 1. The fourth-order valence-corrected chi connectivity index (χ4v) is 3.01. The number of Topliss-reactive ketones (excluding diaryl/α,β-unsaturated/α-hetero) is 1. The van der Waals surface area contributed by atoms with Gasteiger partial charge in [0.2, 0.25) is 0 Å². The van der Waals surface area contributed by atoms with Crippen LogP contribution in [0.1, 0.15) is 39.0 Å². The summed E-state index contributed by atoms with van der Waals surface area (Å²) in [6.45, 7) is 2.07. The number of carbonyl (C=O) groups is 1. The average Bonchev–Trinajstić information content (AvgIpc) is 2.46. The molecular weight excluding hydrogens is 164 g/mol. The summed E-state index contributed by atoms with van der Waals surface area (Å²) in [4.78, 5) is 11.6. The van der Waals surface area contributed by atoms with Crippen LogP contribution >= 0.6 is 0 Å². The molecule has 0 spiro atoms. The zero-order valence-electron chi connectivity index (χ0n) is 8.20. The number of aliphatic hydroxyl groups is 1. The summed E-state index contributed by atoms with van der Waals surface area (Å²) in [7, 11) is 0. The Hall–Kier alpha value is -0.370. The molecule has 2 rings (SSSR count). The maximum absolute atomic E-state index is 11.6. The Bertz CT molecular complexity index is 212. The third-order valence-corrected chi connectivity index (χ3v) is 3.90. The van der Waals surface area contributed by atoms with Crippen molar-refractivity contribution in [1.82, 2.24) is 0 Å². The lowest BCUT2D eigenvalue weighted by Gasteiger charge is -2.31. The van der Waals surface area contributed by atoms with Crippen LogP contribution in [0.15, 0.2) is 0 Å². The lowest BCUT2D eigenvalue weighted by Crippen LogP contribution is -2.33. The molecule has 0 unspecified atom stereocenters. The number of carbonyl (C=O) groups excluding carboxylic acids is 1. The van der Waals surface area contributed by atoms with E-state index in [2.05, 4.69) is 6.92 Å². The molecule has 0 radical (unpaired) electrons. The predicted molar refractivity (Wildman–Crippen MR) is 50.2 cm³/mol. The van der Waals surface area contributed by atoms with Crippen molar-refractivity contribution in [2.45, 2.75) is 45.1 Å². The fraction of sp³-hybridized carbons (Fsp3) is 0.909. The van der Waals surface area contributed by atoms with Crippen LogP contribution in [0, 0.1) is 17.8 Å². The second-order valence-corrected chi connectivity index (χ2v) is 4.58. The van der Waals surface area contributed by atoms with E-state index < -0.39 is 0 Å². The average molecular weight is 182 g/mol. The van der Waals surface area contributed by atoms with Crippen molar-refractivity contribution in [3.05, 3.63) is 0 Å². The maximum atomic E-state index is 11.6. The van der Waals surface area contributed by atoms with Gasteiger partial charge in [-0.05, 0) is 37.5 Å². The lowest BCUT2D eigenvalue weighted by molar-refractivity contribution is -0.128. The molecule has 0 bridgehead atoms. The second kappa shape index (κ2) is 3.41. The number of rotatable bonds is 1. The Morgan fingerprint density at radius 3 is 2.92 bits per heavy atom. The summed E-state index contributed by atoms with van der Waals surface area (Å²) in [5.74, 6) is 1.62. The molecule has 2 aliphatic carbocycles. The van der Waals surface area contributed by atoms with Crippen molar-refractivity contribution >= 4 is 5.78 Å². The van der Waals surface area contributed by atoms with Crippen LogP contribution in [0.5, 0.6) is 0 Å². The summed E-state index contributed by atoms with van der Waals surface area (Å²) in [5, 5.41) is 9.71. The molecular formula is C11H18O2. The summed E-state index contributed by atoms with van der Waals surface area (Å²) in [5.41, 5.74) is 0. The van der Waals surface area contributed by atoms with Crippen LogP contribution in [-0.2, 0) is 4.79 Å². The summed E-state index contributed by atoms with van der Waals surface area (Å²) in [6.07, 6.45) is 4.50. The molecule has 2 saturated carbocycles. The first-order valence-electron chi connectivity index (χ1n) is 5.43. The van der Waals surface area contributed by atoms with Gasteiger partial charge in [-0.15, -0.1) is 0 Å². The Morgan fingerprint density at radius 1 is 1.46 bits per heavy atom. The molecule has 74 valence electrons. The Kier molecular flexibility index (Phi) is 2.41. The van der Waals surface area contributed by atoms with E-state index in [0.29, 0.717) is 17.6 Å². The van der Waals surface area contributed by atoms with E-state index >= 15 is 0 Å². The van der Waals surface area contributed by atoms with Crippen LogP contribution in [0.3, 0.4) is 0 Å². The van der Waals surface area contributed by atoms with E-state index in [1.54, 1.807) is 0 Å². The van der Waals surface area contributed by atoms with Gasteiger partial charge < -0.3 is 5.11 Å². The third kappa shape index (κ3) is 1.52. The number of hydrogen-bond donors (Lipinski definition) is 1. The molecule has 4 atom stereocenters. The highest BCUT2D eigenvalue weighted by Crippen LogP contribution is 2.43. The molecule has 0 aromatic heterocycles. The van der Waals surface area contributed by atoms with Crippen LogP contribution in [0.4, 0.5) is 0 Å². The summed E-state index contributed by atoms with van der Waals surface area (Å²) >= 11 is 0. The quantitative estimate of drug-likeness (QED) is 0.671. The van der Waals surface area contributed by atoms with Gasteiger partial charge in [-0.25, -0.2) is 0 Å². The van der Waals surface area contributed by atoms with Gasteiger partial charge in [0.05, 0.1) is 6.10 Å². The van der Waals surface area contributed by atoms with E-state index in [0.717, 1.165) is 32.1 Å². The van der Waals surface area contributed by atoms with E-state index in [-0.39, 0.29) is 12.0 Å². The molecule has 2 nitrogen and oxygen atoms in total. The van der Waals surface area contributed by atoms with Crippen molar-refractivity contribution in [3.8, 4) is 0 Å². The molecule has 0 aromatic carbocycles. The van der Waals surface area contributed by atoms with Crippen LogP contribution in [0.2, 0.25) is 0 Å². The molecule has 0 aromatic rings. The highest BCUT2D eigenvalue weighted by molar-refractivity contribution is 5.82. The van der Waals surface area contributed by atoms with Gasteiger partial charge in [-0.3, -0.25) is 4.79 Å². The topological polar surface area (TPSA) is 37.3 Å². The lowest BCUT2D eigenvalue weighted by atomic mass is 9.73. The van der Waals surface area contributed by atoms with Crippen LogP contribution < -0.4 is 0 Å². The fourth-order valence-electron chi connectivity index (χ4n) is 3.01. The van der Waals surface area contributed by atoms with Crippen LogP contribution in [0.25, 0.3) is 0 Å². The molecule has 2 aliphatic rings. The third-order valence-electron chi connectivity index (χ3n) is 3.90. The zero-order valence-corrected chi connectivity index (χ0v) is 8.20. The van der Waals surface area contributed by atoms with Gasteiger partial charge >= 0.3 is 0 Å². The minimum atomic E-state index is -0.118. The number of fused-ring (bicyclic) bond motifs is 1. The predicted octanol–water partition coefficient (Wildman–Crippen LogP) is 1.76. The molecule has 1 N–H and O–H groups in total. The van der Waals surface area contributed by atoms with Crippen molar-refractivity contribution in [2.24, 2.45) is 17.8 Å². The van der Waals surface area contributed by atoms with Crippen molar-refractivity contribution < 1.29 is 9.90 Å². The SMILES string of the molecule is CC[C@H]1C[C@H]2[C@H](CC[C@H]2O)CC1=O. The smallest absolute Gasteiger partial charge is 0.136 e. The first-order chi connectivity index (χ1) is 6.22. The summed E-state index contributed by atoms with van der Waals surface area (Å²) in [6, 6.07) is 0. The molecule has 13 heavy (non-hydrogen) atoms. The molecule has 0 saturated heterocycles. The molecule has 0 heterocycles. The largest absolute Gasteiger partial charge is 0.393 e. The van der Waals surface area contributed by atoms with Gasteiger partial charge in [0.25, 0.3) is 0 Å². The molecule has 2 fully saturated rings. The number of hydrogen-bond acceptors (Lipinski definition) is 2. The monoisotopic (exact) mass is 182 g/mol. The van der Waals surface area contributed by atoms with E-state index in [9.17, 15) is 9.90 Å². The molecule has 0 aliphatic heterocycles. The zero-order chi connectivity index (χ0) is 9.42. The Balaban J connectivity index is 2.07. The van der Waals surface area contributed by atoms with Gasteiger partial charge in [-0.2, -0.15) is 0 Å². The van der Waals surface area contributed by atoms with Crippen molar-refractivity contribution in [1.29, 1.82) is 0 Å². The van der Waals surface area contributed by atoms with Gasteiger partial charge in [0, 0.05) is 12.3 Å². The van der Waals surface area contributed by atoms with Gasteiger partial charge in [0.15, 0.2) is 0 Å². The van der Waals surface area contributed by atoms with Gasteiger partial charge in [0.1, 0.15) is 5.78 Å². The van der Waals surface area contributed by atoms with Crippen LogP contribution in [-0.4, -0.2) is 17.0 Å². The Labute approximate surface area is 79.3 Å². The highest BCUT2D eigenvalue weighted by atomic mass is 16.3. The standard InChI is InChI=1S/C11H18O2/c1-2-7-5-9-8(6-11(7)13)3-4-10(9)12/h7-10,12H,2-6H2,1H3/t7-,8+,9-,10+/m0/s1. The van der Waals surface area contributed by atoms with Crippen molar-refractivity contribution in [3.63, 3.8) is 0 Å². The molecule has 0 amide bonds. The van der Waals surface area contributed by atoms with Gasteiger partial charge in [-0.1, -0.05) is 6.92 Å². The van der Waals surface area contributed by atoms with E-state index in [1.807, 2.05) is 0 Å². The Morgan fingerprint density at radius 2 is 2.23 bits per heavy atom. The molecule has 2 heteroatoms. The first kappa shape index (κ1) is 9.20. The maximum Gasteiger partial charge on any atom is 0.136 e. The highest BCUT2D eigenvalue weighted by Gasteiger charge is 2.42. The summed E-state index contributed by atoms with van der Waals surface area (Å²) < 4.78 is 0. The normalized spacial score (nSPS) is 44.9. The number of ketones is 1. The minimum Gasteiger partial charge on any atom is -0.393 e. The first-order valence-corrected chi connectivity index (χ1v) is 5.43. The second-order valence-electron chi connectivity index (χ2n) is 4.58. The van der Waals surface area contributed by atoms with E-state index in [4.69, 9.17) is 0 Å². The van der Waals surface area contributed by atoms with E-state index in [1.165, 1.54) is 0 Å². The minimum absolute atomic E-state index is 0.118.